The first-order chi connectivity index (χ1) is 11.3. The van der Waals surface area contributed by atoms with Crippen LogP contribution in [0.25, 0.3) is 11.6 Å². The fourth-order valence-corrected chi connectivity index (χ4v) is 2.03. The maximum atomic E-state index is 7.42. The van der Waals surface area contributed by atoms with Gasteiger partial charge in [0.15, 0.2) is 0 Å². The molecule has 6 heteroatoms. The first-order valence-electron chi connectivity index (χ1n) is 7.52. The topological polar surface area (TPSA) is 111 Å². The second-order valence-corrected chi connectivity index (χ2v) is 5.30. The quantitative estimate of drug-likeness (QED) is 0.450. The van der Waals surface area contributed by atoms with E-state index in [0.717, 1.165) is 23.6 Å². The third-order valence-electron chi connectivity index (χ3n) is 3.53. The van der Waals surface area contributed by atoms with Gasteiger partial charge in [0.2, 0.25) is 0 Å². The van der Waals surface area contributed by atoms with Crippen molar-refractivity contribution in [2.24, 2.45) is 11.7 Å². The Labute approximate surface area is 136 Å². The summed E-state index contributed by atoms with van der Waals surface area (Å²) in [6.07, 6.45) is 15.2. The molecular formula is C17H22N6. The summed E-state index contributed by atoms with van der Waals surface area (Å²) < 4.78 is 0. The van der Waals surface area contributed by atoms with Crippen molar-refractivity contribution in [1.29, 1.82) is 10.8 Å². The lowest BCUT2D eigenvalue weighted by atomic mass is 10.0. The highest BCUT2D eigenvalue weighted by Crippen LogP contribution is 2.27. The highest BCUT2D eigenvalue weighted by atomic mass is 14.9. The molecular weight excluding hydrogens is 288 g/mol. The Morgan fingerprint density at radius 2 is 2.17 bits per heavy atom. The number of aromatic nitrogens is 1. The summed E-state index contributed by atoms with van der Waals surface area (Å²) in [7, 11) is 0. The van der Waals surface area contributed by atoms with Gasteiger partial charge in [-0.2, -0.15) is 0 Å². The molecule has 120 valence electrons. The zero-order chi connectivity index (χ0) is 16.5. The van der Waals surface area contributed by atoms with Crippen molar-refractivity contribution in [3.8, 4) is 0 Å². The van der Waals surface area contributed by atoms with Crippen LogP contribution in [0.2, 0.25) is 0 Å². The van der Waals surface area contributed by atoms with E-state index >= 15 is 0 Å². The van der Waals surface area contributed by atoms with Gasteiger partial charge in [0.05, 0.1) is 5.70 Å². The van der Waals surface area contributed by atoms with Crippen LogP contribution in [0.4, 0.5) is 0 Å². The lowest BCUT2D eigenvalue weighted by molar-refractivity contribution is 0.742. The maximum absolute atomic E-state index is 7.42. The van der Waals surface area contributed by atoms with Crippen LogP contribution in [0.15, 0.2) is 42.8 Å². The number of nitrogens with one attached hydrogen (secondary N) is 4. The van der Waals surface area contributed by atoms with Crippen LogP contribution >= 0.6 is 0 Å². The second-order valence-electron chi connectivity index (χ2n) is 5.30. The molecule has 0 atom stereocenters. The van der Waals surface area contributed by atoms with Crippen molar-refractivity contribution < 1.29 is 0 Å². The standard InChI is InChI=1S/C17H22N6/c18-7-15(8-19)17-4-5-21-11-14(17)3-6-23-16(9-20)12-22-10-13-1-2-13/h3-9,11-13,18,20,22-23H,1-2,10,19H2/b6-3+,15-8+,16-12+,18-7?,20-9?. The minimum atomic E-state index is 0.626. The van der Waals surface area contributed by atoms with E-state index in [1.165, 1.54) is 31.5 Å². The van der Waals surface area contributed by atoms with Gasteiger partial charge >= 0.3 is 0 Å². The number of nitrogens with zero attached hydrogens (tertiary/aromatic N) is 1. The summed E-state index contributed by atoms with van der Waals surface area (Å²) in [6.45, 7) is 0.958. The van der Waals surface area contributed by atoms with Crippen molar-refractivity contribution in [1.82, 2.24) is 15.6 Å². The maximum Gasteiger partial charge on any atom is 0.0717 e. The van der Waals surface area contributed by atoms with Gasteiger partial charge in [0.1, 0.15) is 0 Å². The molecule has 1 aliphatic rings. The van der Waals surface area contributed by atoms with E-state index in [1.54, 1.807) is 18.6 Å². The van der Waals surface area contributed by atoms with E-state index in [-0.39, 0.29) is 0 Å². The molecule has 0 radical (unpaired) electrons. The van der Waals surface area contributed by atoms with Crippen LogP contribution in [0.5, 0.6) is 0 Å². The Bertz CT molecular complexity index is 640. The lowest BCUT2D eigenvalue weighted by Gasteiger charge is -2.06. The van der Waals surface area contributed by atoms with E-state index in [9.17, 15) is 0 Å². The summed E-state index contributed by atoms with van der Waals surface area (Å²) in [6, 6.07) is 1.81. The first-order valence-corrected chi connectivity index (χ1v) is 7.52. The number of allylic oxidation sites excluding steroid dienone is 2. The van der Waals surface area contributed by atoms with Gasteiger partial charge in [-0.3, -0.25) is 4.98 Å². The molecule has 6 N–H and O–H groups in total. The van der Waals surface area contributed by atoms with E-state index in [4.69, 9.17) is 16.6 Å². The molecule has 1 aliphatic carbocycles. The minimum Gasteiger partial charge on any atom is -0.404 e. The predicted molar refractivity (Wildman–Crippen MR) is 94.9 cm³/mol. The summed E-state index contributed by atoms with van der Waals surface area (Å²) in [5.74, 6) is 0.786. The molecule has 1 aromatic heterocycles. The fourth-order valence-electron chi connectivity index (χ4n) is 2.03. The zero-order valence-electron chi connectivity index (χ0n) is 12.9. The molecule has 0 unspecified atom stereocenters. The average Bonchev–Trinajstić information content (AvgIpc) is 3.40. The van der Waals surface area contributed by atoms with Gasteiger partial charge < -0.3 is 27.2 Å². The van der Waals surface area contributed by atoms with E-state index < -0.39 is 0 Å². The first kappa shape index (κ1) is 16.5. The van der Waals surface area contributed by atoms with Crippen LogP contribution in [-0.4, -0.2) is 24.0 Å². The van der Waals surface area contributed by atoms with Gasteiger partial charge in [-0.25, -0.2) is 0 Å². The van der Waals surface area contributed by atoms with Crippen molar-refractivity contribution in [2.75, 3.05) is 6.54 Å². The molecule has 1 heterocycles. The lowest BCUT2D eigenvalue weighted by Crippen LogP contribution is -2.15. The summed E-state index contributed by atoms with van der Waals surface area (Å²) in [5, 5.41) is 21.1. The Morgan fingerprint density at radius 1 is 1.35 bits per heavy atom. The third-order valence-corrected chi connectivity index (χ3v) is 3.53. The molecule has 1 aromatic rings. The molecule has 0 bridgehead atoms. The summed E-state index contributed by atoms with van der Waals surface area (Å²) >= 11 is 0. The molecule has 2 rings (SSSR count). The second kappa shape index (κ2) is 8.53. The van der Waals surface area contributed by atoms with Crippen molar-refractivity contribution in [3.63, 3.8) is 0 Å². The normalized spacial score (nSPS) is 15.5. The molecule has 23 heavy (non-hydrogen) atoms. The fraction of sp³-hybridized carbons (Fsp3) is 0.235. The van der Waals surface area contributed by atoms with Crippen molar-refractivity contribution >= 4 is 24.1 Å². The van der Waals surface area contributed by atoms with E-state index in [1.807, 2.05) is 18.3 Å². The number of hydrogen-bond donors (Lipinski definition) is 5. The van der Waals surface area contributed by atoms with Gasteiger partial charge in [-0.15, -0.1) is 0 Å². The largest absolute Gasteiger partial charge is 0.404 e. The molecule has 0 aromatic carbocycles. The Hall–Kier alpha value is -2.89. The van der Waals surface area contributed by atoms with Gasteiger partial charge in [0, 0.05) is 61.1 Å². The van der Waals surface area contributed by atoms with Crippen molar-refractivity contribution in [3.05, 3.63) is 53.9 Å². The summed E-state index contributed by atoms with van der Waals surface area (Å²) in [4.78, 5) is 4.10. The number of rotatable bonds is 9. The van der Waals surface area contributed by atoms with Crippen LogP contribution in [0.3, 0.4) is 0 Å². The summed E-state index contributed by atoms with van der Waals surface area (Å²) in [5.41, 5.74) is 8.53. The molecule has 6 nitrogen and oxygen atoms in total. The third kappa shape index (κ3) is 5.10. The number of pyridine rings is 1. The SMILES string of the molecule is N=C/C(=C\N)c1ccncc1/C=C/N/C(C=N)=C/NCC1CC1. The van der Waals surface area contributed by atoms with Crippen molar-refractivity contribution in [2.45, 2.75) is 12.8 Å². The van der Waals surface area contributed by atoms with E-state index in [0.29, 0.717) is 11.3 Å². The molecule has 1 saturated carbocycles. The molecule has 1 fully saturated rings. The van der Waals surface area contributed by atoms with Gasteiger partial charge in [0.25, 0.3) is 0 Å². The Balaban J connectivity index is 2.01. The van der Waals surface area contributed by atoms with Gasteiger partial charge in [-0.1, -0.05) is 0 Å². The smallest absolute Gasteiger partial charge is 0.0717 e. The van der Waals surface area contributed by atoms with Crippen LogP contribution < -0.4 is 16.4 Å². The monoisotopic (exact) mass is 310 g/mol. The highest BCUT2D eigenvalue weighted by molar-refractivity contribution is 6.09. The highest BCUT2D eigenvalue weighted by Gasteiger charge is 2.19. The minimum absolute atomic E-state index is 0.626. The Kier molecular flexibility index (Phi) is 6.11. The number of nitrogens with two attached hydrogens (primary N) is 1. The molecule has 0 saturated heterocycles. The molecule has 0 spiro atoms. The van der Waals surface area contributed by atoms with Crippen LogP contribution in [0, 0.1) is 16.7 Å². The average molecular weight is 310 g/mol. The Morgan fingerprint density at radius 3 is 2.83 bits per heavy atom. The van der Waals surface area contributed by atoms with Crippen LogP contribution in [-0.2, 0) is 0 Å². The van der Waals surface area contributed by atoms with E-state index in [2.05, 4.69) is 15.6 Å². The molecule has 0 amide bonds. The number of hydrogen-bond acceptors (Lipinski definition) is 6. The van der Waals surface area contributed by atoms with Crippen LogP contribution in [0.1, 0.15) is 24.0 Å². The predicted octanol–water partition coefficient (Wildman–Crippen LogP) is 2.08. The zero-order valence-corrected chi connectivity index (χ0v) is 12.9. The van der Waals surface area contributed by atoms with Gasteiger partial charge in [-0.05, 0) is 36.5 Å². The molecule has 0 aliphatic heterocycles.